The van der Waals surface area contributed by atoms with E-state index >= 15 is 0 Å². The molecule has 236 valence electrons. The molecule has 0 unspecified atom stereocenters. The van der Waals surface area contributed by atoms with Crippen LogP contribution in [0.25, 0.3) is 99.8 Å². The molecule has 0 saturated carbocycles. The molecule has 0 bridgehead atoms. The van der Waals surface area contributed by atoms with Crippen molar-refractivity contribution in [2.45, 2.75) is 0 Å². The number of hydrogen-bond acceptors (Lipinski definition) is 4. The van der Waals surface area contributed by atoms with Gasteiger partial charge in [-0.2, -0.15) is 0 Å². The van der Waals surface area contributed by atoms with E-state index in [1.807, 2.05) is 54.7 Å². The predicted octanol–water partition coefficient (Wildman–Crippen LogP) is 12.0. The third-order valence-electron chi connectivity index (χ3n) is 9.62. The highest BCUT2D eigenvalue weighted by Gasteiger charge is 2.19. The molecular formula is C47H27N3O. The third kappa shape index (κ3) is 4.99. The van der Waals surface area contributed by atoms with E-state index in [1.54, 1.807) is 0 Å². The average molecular weight is 650 g/mol. The molecule has 10 rings (SSSR count). The number of rotatable bonds is 5. The van der Waals surface area contributed by atoms with Gasteiger partial charge in [-0.3, -0.25) is 0 Å². The Morgan fingerprint density at radius 1 is 0.451 bits per heavy atom. The van der Waals surface area contributed by atoms with Crippen LogP contribution in [0.5, 0.6) is 0 Å². The zero-order valence-electron chi connectivity index (χ0n) is 27.3. The first-order chi connectivity index (χ1) is 25.3. The van der Waals surface area contributed by atoms with Crippen molar-refractivity contribution in [1.29, 1.82) is 0 Å². The molecular weight excluding hydrogens is 623 g/mol. The van der Waals surface area contributed by atoms with Crippen LogP contribution in [-0.4, -0.2) is 15.0 Å². The van der Waals surface area contributed by atoms with Gasteiger partial charge in [0.2, 0.25) is 5.71 Å². The van der Waals surface area contributed by atoms with Crippen molar-refractivity contribution in [3.05, 3.63) is 176 Å². The maximum absolute atomic E-state index is 5.98. The molecule has 0 saturated heterocycles. The lowest BCUT2D eigenvalue weighted by Crippen LogP contribution is -1.98. The van der Waals surface area contributed by atoms with Crippen molar-refractivity contribution in [2.75, 3.05) is 0 Å². The van der Waals surface area contributed by atoms with Gasteiger partial charge in [-0.05, 0) is 80.7 Å². The molecule has 0 atom stereocenters. The molecule has 0 N–H and O–H groups in total. The van der Waals surface area contributed by atoms with Crippen LogP contribution in [0.3, 0.4) is 0 Å². The Balaban J connectivity index is 1.26. The Morgan fingerprint density at radius 3 is 2.02 bits per heavy atom. The monoisotopic (exact) mass is 649 g/mol. The molecule has 0 fully saturated rings. The quantitative estimate of drug-likeness (QED) is 0.174. The van der Waals surface area contributed by atoms with Gasteiger partial charge in [-0.15, -0.1) is 0 Å². The molecule has 4 heteroatoms. The Labute approximate surface area is 294 Å². The third-order valence-corrected chi connectivity index (χ3v) is 9.62. The SMILES string of the molecule is c1ccc2c(c#1)oc1ncc(-c3ccc(-c4cc5ccccc5c5ccccc45)c(-c4cc(-c5ccccc5)nc(-c5ccccc5)n4)c3)cc12. The van der Waals surface area contributed by atoms with Crippen LogP contribution in [0.1, 0.15) is 0 Å². The maximum atomic E-state index is 5.98. The lowest BCUT2D eigenvalue weighted by molar-refractivity contribution is 0.654. The molecule has 0 aliphatic rings. The second-order valence-electron chi connectivity index (χ2n) is 12.7. The van der Waals surface area contributed by atoms with Crippen LogP contribution in [0.2, 0.25) is 0 Å². The van der Waals surface area contributed by atoms with Gasteiger partial charge in [0.15, 0.2) is 11.4 Å². The fourth-order valence-electron chi connectivity index (χ4n) is 7.15. The van der Waals surface area contributed by atoms with Crippen molar-refractivity contribution in [3.63, 3.8) is 0 Å². The fraction of sp³-hybridized carbons (Fsp3) is 0. The van der Waals surface area contributed by atoms with E-state index < -0.39 is 0 Å². The second-order valence-corrected chi connectivity index (χ2v) is 12.7. The normalized spacial score (nSPS) is 11.4. The average Bonchev–Trinajstić information content (AvgIpc) is 3.59. The Hall–Kier alpha value is -7.09. The Morgan fingerprint density at radius 2 is 1.18 bits per heavy atom. The summed E-state index contributed by atoms with van der Waals surface area (Å²) in [7, 11) is 0. The minimum absolute atomic E-state index is 0.583. The van der Waals surface area contributed by atoms with Gasteiger partial charge in [0.1, 0.15) is 0 Å². The van der Waals surface area contributed by atoms with Gasteiger partial charge >= 0.3 is 0 Å². The molecule has 0 amide bonds. The summed E-state index contributed by atoms with van der Waals surface area (Å²) in [5, 5.41) is 6.73. The van der Waals surface area contributed by atoms with Gasteiger partial charge in [0.25, 0.3) is 0 Å². The predicted molar refractivity (Wildman–Crippen MR) is 207 cm³/mol. The molecule has 3 heterocycles. The lowest BCUT2D eigenvalue weighted by Gasteiger charge is -2.17. The van der Waals surface area contributed by atoms with Gasteiger partial charge in [0.05, 0.1) is 11.4 Å². The smallest absolute Gasteiger partial charge is 0.228 e. The van der Waals surface area contributed by atoms with Gasteiger partial charge < -0.3 is 4.42 Å². The van der Waals surface area contributed by atoms with E-state index in [2.05, 4.69) is 121 Å². The highest BCUT2D eigenvalue weighted by atomic mass is 16.3. The minimum Gasteiger partial charge on any atom is -0.429 e. The number of aromatic nitrogens is 3. The van der Waals surface area contributed by atoms with Crippen LogP contribution in [-0.2, 0) is 0 Å². The van der Waals surface area contributed by atoms with E-state index in [0.29, 0.717) is 17.1 Å². The molecule has 3 aromatic heterocycles. The van der Waals surface area contributed by atoms with Crippen molar-refractivity contribution in [1.82, 2.24) is 15.0 Å². The summed E-state index contributed by atoms with van der Waals surface area (Å²) in [6, 6.07) is 60.9. The highest BCUT2D eigenvalue weighted by molar-refractivity contribution is 6.15. The topological polar surface area (TPSA) is 51.8 Å². The first-order valence-electron chi connectivity index (χ1n) is 16.9. The van der Waals surface area contributed by atoms with E-state index in [1.165, 1.54) is 21.5 Å². The Bertz CT molecular complexity index is 2860. The molecule has 0 spiro atoms. The van der Waals surface area contributed by atoms with Crippen molar-refractivity contribution in [3.8, 4) is 56.2 Å². The van der Waals surface area contributed by atoms with E-state index in [-0.39, 0.29) is 0 Å². The van der Waals surface area contributed by atoms with Crippen LogP contribution in [0.15, 0.2) is 168 Å². The minimum atomic E-state index is 0.583. The second kappa shape index (κ2) is 11.8. The fourth-order valence-corrected chi connectivity index (χ4v) is 7.15. The zero-order valence-corrected chi connectivity index (χ0v) is 27.3. The summed E-state index contributed by atoms with van der Waals surface area (Å²) >= 11 is 0. The van der Waals surface area contributed by atoms with Gasteiger partial charge in [-0.25, -0.2) is 15.0 Å². The Kier molecular flexibility index (Phi) is 6.68. The van der Waals surface area contributed by atoms with Gasteiger partial charge in [-0.1, -0.05) is 127 Å². The summed E-state index contributed by atoms with van der Waals surface area (Å²) < 4.78 is 5.98. The first-order valence-corrected chi connectivity index (χ1v) is 16.9. The van der Waals surface area contributed by atoms with Crippen LogP contribution in [0.4, 0.5) is 0 Å². The van der Waals surface area contributed by atoms with E-state index in [4.69, 9.17) is 19.4 Å². The molecule has 0 aliphatic carbocycles. The molecule has 4 nitrogen and oxygen atoms in total. The number of hydrogen-bond donors (Lipinski definition) is 0. The van der Waals surface area contributed by atoms with E-state index in [0.717, 1.165) is 61.1 Å². The summed E-state index contributed by atoms with van der Waals surface area (Å²) in [5.74, 6) is 0.674. The number of furan rings is 1. The number of benzene rings is 6. The van der Waals surface area contributed by atoms with E-state index in [9.17, 15) is 0 Å². The van der Waals surface area contributed by atoms with Crippen molar-refractivity contribution in [2.24, 2.45) is 0 Å². The number of pyridine rings is 1. The molecule has 0 radical (unpaired) electrons. The molecule has 51 heavy (non-hydrogen) atoms. The summed E-state index contributed by atoms with van der Waals surface area (Å²) in [6.45, 7) is 0. The van der Waals surface area contributed by atoms with Crippen molar-refractivity contribution >= 4 is 43.6 Å². The highest BCUT2D eigenvalue weighted by Crippen LogP contribution is 2.42. The van der Waals surface area contributed by atoms with Crippen LogP contribution in [0, 0.1) is 12.1 Å². The summed E-state index contributed by atoms with van der Waals surface area (Å²) in [4.78, 5) is 15.1. The summed E-state index contributed by atoms with van der Waals surface area (Å²) in [5.41, 5.74) is 10.2. The lowest BCUT2D eigenvalue weighted by atomic mass is 9.88. The van der Waals surface area contributed by atoms with Gasteiger partial charge in [0, 0.05) is 39.2 Å². The van der Waals surface area contributed by atoms with Crippen molar-refractivity contribution < 1.29 is 4.42 Å². The standard InChI is InChI=1S/C47H27N3O/c1-3-13-30(14-4-1)43-28-44(50-46(49-43)31-15-5-2-6-16-31)41-25-32(34-27-42-39-21-11-12-22-45(39)51-47(42)48-29-34)23-24-38(41)40-26-33-17-7-8-18-35(33)36-19-9-10-20-37(36)40/h1-11,13-21,23-29H. The van der Waals surface area contributed by atoms with Crippen LogP contribution < -0.4 is 0 Å². The largest absolute Gasteiger partial charge is 0.429 e. The maximum Gasteiger partial charge on any atom is 0.228 e. The zero-order chi connectivity index (χ0) is 33.7. The molecule has 10 aromatic rings. The first kappa shape index (κ1) is 28.9. The number of fused-ring (bicyclic) bond motifs is 6. The molecule has 7 aromatic carbocycles. The van der Waals surface area contributed by atoms with Crippen LogP contribution >= 0.6 is 0 Å². The number of nitrogens with zero attached hydrogens (tertiary/aromatic N) is 3. The molecule has 0 aliphatic heterocycles. The summed E-state index contributed by atoms with van der Waals surface area (Å²) in [6.07, 6.45) is 1.88.